The van der Waals surface area contributed by atoms with Gasteiger partial charge in [-0.15, -0.1) is 11.3 Å². The van der Waals surface area contributed by atoms with Gasteiger partial charge in [0.15, 0.2) is 0 Å². The summed E-state index contributed by atoms with van der Waals surface area (Å²) >= 11 is 1.79. The molecule has 122 valence electrons. The zero-order valence-electron chi connectivity index (χ0n) is 13.5. The number of thiazole rings is 1. The van der Waals surface area contributed by atoms with Gasteiger partial charge in [-0.3, -0.25) is 4.90 Å². The molecule has 1 aromatic carbocycles. The van der Waals surface area contributed by atoms with Crippen molar-refractivity contribution in [2.45, 2.75) is 32.2 Å². The second-order valence-electron chi connectivity index (χ2n) is 7.01. The van der Waals surface area contributed by atoms with Crippen molar-refractivity contribution >= 4 is 11.3 Å². The standard InChI is InChI=1S/C19H24N2OS/c1-2-5-16(6-3-1)11-18-20-17(13-23-18)12-21-9-8-19(14-21)7-4-10-22-15-19/h1-3,5-6,13H,4,7-12,14-15H2. The lowest BCUT2D eigenvalue weighted by Crippen LogP contribution is -2.34. The summed E-state index contributed by atoms with van der Waals surface area (Å²) in [6, 6.07) is 10.6. The van der Waals surface area contributed by atoms with Crippen molar-refractivity contribution in [3.05, 3.63) is 52.0 Å². The monoisotopic (exact) mass is 328 g/mol. The molecular formula is C19H24N2OS. The van der Waals surface area contributed by atoms with Crippen LogP contribution in [0.15, 0.2) is 35.7 Å². The molecule has 4 heteroatoms. The van der Waals surface area contributed by atoms with Gasteiger partial charge in [0.2, 0.25) is 0 Å². The molecule has 1 aromatic heterocycles. The van der Waals surface area contributed by atoms with Gasteiger partial charge in [-0.1, -0.05) is 30.3 Å². The van der Waals surface area contributed by atoms with Crippen LogP contribution in [0.5, 0.6) is 0 Å². The molecule has 2 saturated heterocycles. The van der Waals surface area contributed by atoms with Crippen molar-refractivity contribution in [3.8, 4) is 0 Å². The van der Waals surface area contributed by atoms with E-state index in [2.05, 4.69) is 40.6 Å². The highest BCUT2D eigenvalue weighted by atomic mass is 32.1. The lowest BCUT2D eigenvalue weighted by Gasteiger charge is -2.33. The third-order valence-corrected chi connectivity index (χ3v) is 6.00. The van der Waals surface area contributed by atoms with Crippen LogP contribution >= 0.6 is 11.3 Å². The Morgan fingerprint density at radius 3 is 2.96 bits per heavy atom. The van der Waals surface area contributed by atoms with Crippen LogP contribution in [0.4, 0.5) is 0 Å². The number of likely N-dealkylation sites (tertiary alicyclic amines) is 1. The summed E-state index contributed by atoms with van der Waals surface area (Å²) in [4.78, 5) is 7.41. The molecule has 1 unspecified atom stereocenters. The molecule has 4 rings (SSSR count). The van der Waals surface area contributed by atoms with Gasteiger partial charge in [0, 0.05) is 36.9 Å². The summed E-state index contributed by atoms with van der Waals surface area (Å²) in [5, 5.41) is 3.46. The summed E-state index contributed by atoms with van der Waals surface area (Å²) in [7, 11) is 0. The van der Waals surface area contributed by atoms with E-state index in [-0.39, 0.29) is 0 Å². The SMILES string of the molecule is c1ccc(Cc2nc(CN3CCC4(CCCOC4)C3)cs2)cc1. The first kappa shape index (κ1) is 15.3. The van der Waals surface area contributed by atoms with E-state index in [1.54, 1.807) is 11.3 Å². The lowest BCUT2D eigenvalue weighted by atomic mass is 9.82. The molecule has 2 aromatic rings. The molecule has 2 aliphatic heterocycles. The number of nitrogens with zero attached hydrogens (tertiary/aromatic N) is 2. The molecule has 1 atom stereocenters. The molecule has 3 nitrogen and oxygen atoms in total. The fourth-order valence-electron chi connectivity index (χ4n) is 3.90. The van der Waals surface area contributed by atoms with Crippen LogP contribution in [-0.4, -0.2) is 36.2 Å². The number of benzene rings is 1. The Bertz CT molecular complexity index is 634. The zero-order valence-corrected chi connectivity index (χ0v) is 14.4. The minimum atomic E-state index is 0.432. The van der Waals surface area contributed by atoms with Crippen LogP contribution in [0.3, 0.4) is 0 Å². The average Bonchev–Trinajstić information content (AvgIpc) is 3.17. The molecule has 0 aliphatic carbocycles. The smallest absolute Gasteiger partial charge is 0.0972 e. The number of hydrogen-bond acceptors (Lipinski definition) is 4. The first-order valence-electron chi connectivity index (χ1n) is 8.59. The summed E-state index contributed by atoms with van der Waals surface area (Å²) < 4.78 is 5.74. The molecule has 0 N–H and O–H groups in total. The van der Waals surface area contributed by atoms with Crippen LogP contribution in [0.1, 0.15) is 35.5 Å². The van der Waals surface area contributed by atoms with Gasteiger partial charge < -0.3 is 4.74 Å². The Labute approximate surface area is 142 Å². The lowest BCUT2D eigenvalue weighted by molar-refractivity contribution is -0.00252. The van der Waals surface area contributed by atoms with Crippen LogP contribution < -0.4 is 0 Å². The van der Waals surface area contributed by atoms with Crippen molar-refractivity contribution in [3.63, 3.8) is 0 Å². The topological polar surface area (TPSA) is 25.4 Å². The normalized spacial score (nSPS) is 25.2. The highest BCUT2D eigenvalue weighted by Crippen LogP contribution is 2.38. The van der Waals surface area contributed by atoms with Gasteiger partial charge in [0.25, 0.3) is 0 Å². The predicted octanol–water partition coefficient (Wildman–Crippen LogP) is 3.74. The summed E-state index contributed by atoms with van der Waals surface area (Å²) in [6.07, 6.45) is 4.79. The maximum atomic E-state index is 5.74. The minimum Gasteiger partial charge on any atom is -0.381 e. The van der Waals surface area contributed by atoms with E-state index in [0.29, 0.717) is 5.41 Å². The third-order valence-electron chi connectivity index (χ3n) is 5.10. The second-order valence-corrected chi connectivity index (χ2v) is 7.95. The highest BCUT2D eigenvalue weighted by molar-refractivity contribution is 7.09. The summed E-state index contributed by atoms with van der Waals surface area (Å²) in [5.41, 5.74) is 3.00. The molecule has 23 heavy (non-hydrogen) atoms. The van der Waals surface area contributed by atoms with Crippen LogP contribution in [0.25, 0.3) is 0 Å². The summed E-state index contributed by atoms with van der Waals surface area (Å²) in [5.74, 6) is 0. The highest BCUT2D eigenvalue weighted by Gasteiger charge is 2.39. The van der Waals surface area contributed by atoms with Gasteiger partial charge in [-0.2, -0.15) is 0 Å². The van der Waals surface area contributed by atoms with Crippen molar-refractivity contribution in [2.75, 3.05) is 26.3 Å². The predicted molar refractivity (Wildman–Crippen MR) is 93.7 cm³/mol. The zero-order chi connectivity index (χ0) is 15.5. The average molecular weight is 328 g/mol. The van der Waals surface area contributed by atoms with Crippen LogP contribution in [0.2, 0.25) is 0 Å². The van der Waals surface area contributed by atoms with E-state index < -0.39 is 0 Å². The number of aromatic nitrogens is 1. The van der Waals surface area contributed by atoms with Gasteiger partial charge in [0.05, 0.1) is 17.3 Å². The van der Waals surface area contributed by atoms with Gasteiger partial charge in [0.1, 0.15) is 0 Å². The molecule has 3 heterocycles. The van der Waals surface area contributed by atoms with Crippen molar-refractivity contribution in [1.82, 2.24) is 9.88 Å². The Morgan fingerprint density at radius 2 is 2.13 bits per heavy atom. The van der Waals surface area contributed by atoms with E-state index >= 15 is 0 Å². The first-order chi connectivity index (χ1) is 11.3. The van der Waals surface area contributed by atoms with E-state index in [1.165, 1.54) is 48.6 Å². The van der Waals surface area contributed by atoms with Gasteiger partial charge in [-0.25, -0.2) is 4.98 Å². The molecule has 0 saturated carbocycles. The quantitative estimate of drug-likeness (QED) is 0.855. The van der Waals surface area contributed by atoms with E-state index in [1.807, 2.05) is 0 Å². The molecule has 0 radical (unpaired) electrons. The molecule has 0 amide bonds. The molecule has 1 spiro atoms. The maximum absolute atomic E-state index is 5.74. The van der Waals surface area contributed by atoms with Gasteiger partial charge in [-0.05, 0) is 31.4 Å². The summed E-state index contributed by atoms with van der Waals surface area (Å²) in [6.45, 7) is 5.27. The third kappa shape index (κ3) is 3.65. The fraction of sp³-hybridized carbons (Fsp3) is 0.526. The molecule has 2 fully saturated rings. The first-order valence-corrected chi connectivity index (χ1v) is 9.47. The van der Waals surface area contributed by atoms with E-state index in [9.17, 15) is 0 Å². The maximum Gasteiger partial charge on any atom is 0.0972 e. The Hall–Kier alpha value is -1.23. The fourth-order valence-corrected chi connectivity index (χ4v) is 4.72. The molecular weight excluding hydrogens is 304 g/mol. The Morgan fingerprint density at radius 1 is 1.22 bits per heavy atom. The second kappa shape index (κ2) is 6.71. The number of ether oxygens (including phenoxy) is 1. The Balaban J connectivity index is 1.35. The minimum absolute atomic E-state index is 0.432. The number of rotatable bonds is 4. The van der Waals surface area contributed by atoms with Gasteiger partial charge >= 0.3 is 0 Å². The molecule has 2 aliphatic rings. The Kier molecular flexibility index (Phi) is 4.47. The van der Waals surface area contributed by atoms with Crippen molar-refractivity contribution in [2.24, 2.45) is 5.41 Å². The van der Waals surface area contributed by atoms with Crippen LogP contribution in [-0.2, 0) is 17.7 Å². The molecule has 0 bridgehead atoms. The number of hydrogen-bond donors (Lipinski definition) is 0. The largest absolute Gasteiger partial charge is 0.381 e. The van der Waals surface area contributed by atoms with E-state index in [0.717, 1.165) is 26.2 Å². The van der Waals surface area contributed by atoms with Crippen LogP contribution in [0, 0.1) is 5.41 Å². The van der Waals surface area contributed by atoms with Crippen molar-refractivity contribution in [1.29, 1.82) is 0 Å². The van der Waals surface area contributed by atoms with E-state index in [4.69, 9.17) is 9.72 Å². The van der Waals surface area contributed by atoms with Crippen molar-refractivity contribution < 1.29 is 4.74 Å².